The molecule has 188 valence electrons. The number of aromatic amines is 1. The lowest BCUT2D eigenvalue weighted by molar-refractivity contribution is -0.169. The monoisotopic (exact) mass is 504 g/mol. The van der Waals surface area contributed by atoms with Gasteiger partial charge in [0.05, 0.1) is 16.8 Å². The Morgan fingerprint density at radius 1 is 1.25 bits per heavy atom. The fourth-order valence-electron chi connectivity index (χ4n) is 8.20. The lowest BCUT2D eigenvalue weighted by atomic mass is 9.46. The van der Waals surface area contributed by atoms with Crippen molar-refractivity contribution in [2.45, 2.75) is 57.2 Å². The summed E-state index contributed by atoms with van der Waals surface area (Å²) < 4.78 is 0. The van der Waals surface area contributed by atoms with Crippen molar-refractivity contribution >= 4 is 40.1 Å². The molecule has 4 aliphatic carbocycles. The molecular weight excluding hydrogens is 472 g/mol. The number of fused-ring (bicyclic) bond motifs is 6. The molecule has 0 saturated heterocycles. The molecule has 7 heteroatoms. The van der Waals surface area contributed by atoms with Gasteiger partial charge in [0.2, 0.25) is 0 Å². The Hall–Kier alpha value is -2.51. The van der Waals surface area contributed by atoms with Crippen LogP contribution in [0.1, 0.15) is 46.5 Å². The van der Waals surface area contributed by atoms with Crippen molar-refractivity contribution < 1.29 is 19.5 Å². The predicted octanol–water partition coefficient (Wildman–Crippen LogP) is 4.69. The van der Waals surface area contributed by atoms with Gasteiger partial charge in [0.1, 0.15) is 11.4 Å². The van der Waals surface area contributed by atoms with E-state index in [1.54, 1.807) is 12.2 Å². The third-order valence-corrected chi connectivity index (χ3v) is 10.8. The highest BCUT2D eigenvalue weighted by molar-refractivity contribution is 7.99. The molecule has 0 amide bonds. The summed E-state index contributed by atoms with van der Waals surface area (Å²) in [6.45, 7) is 6.01. The summed E-state index contributed by atoms with van der Waals surface area (Å²) >= 11 is 1.31. The van der Waals surface area contributed by atoms with Gasteiger partial charge in [0.15, 0.2) is 16.7 Å². The Kier molecular flexibility index (Phi) is 5.30. The van der Waals surface area contributed by atoms with E-state index in [1.165, 1.54) is 11.8 Å². The highest BCUT2D eigenvalue weighted by Crippen LogP contribution is 2.67. The number of nitrogens with one attached hydrogen (secondary N) is 1. The molecular formula is C29H32N2O4S. The molecule has 7 atom stereocenters. The number of aliphatic hydroxyl groups is 1. The number of ketones is 3. The van der Waals surface area contributed by atoms with E-state index in [4.69, 9.17) is 0 Å². The summed E-state index contributed by atoms with van der Waals surface area (Å²) in [5, 5.41) is 12.8. The zero-order valence-corrected chi connectivity index (χ0v) is 21.7. The Bertz CT molecular complexity index is 1330. The van der Waals surface area contributed by atoms with E-state index in [0.29, 0.717) is 5.16 Å². The van der Waals surface area contributed by atoms with Crippen molar-refractivity contribution in [3.63, 3.8) is 0 Å². The number of hydrogen-bond donors (Lipinski definition) is 2. The van der Waals surface area contributed by atoms with E-state index in [9.17, 15) is 19.5 Å². The van der Waals surface area contributed by atoms with E-state index in [0.717, 1.165) is 35.9 Å². The van der Waals surface area contributed by atoms with Crippen LogP contribution < -0.4 is 0 Å². The number of carbonyl (C=O) groups is 3. The highest BCUT2D eigenvalue weighted by atomic mass is 32.2. The van der Waals surface area contributed by atoms with Crippen LogP contribution >= 0.6 is 11.8 Å². The number of H-pyrrole nitrogens is 1. The van der Waals surface area contributed by atoms with Crippen LogP contribution in [0.25, 0.3) is 11.0 Å². The Balaban J connectivity index is 1.28. The largest absolute Gasteiger partial charge is 0.381 e. The van der Waals surface area contributed by atoms with E-state index < -0.39 is 16.4 Å². The smallest absolute Gasteiger partial charge is 0.178 e. The number of hydrogen-bond acceptors (Lipinski definition) is 6. The van der Waals surface area contributed by atoms with Crippen LogP contribution in [-0.2, 0) is 14.4 Å². The van der Waals surface area contributed by atoms with E-state index >= 15 is 0 Å². The average molecular weight is 505 g/mol. The van der Waals surface area contributed by atoms with Crippen molar-refractivity contribution in [3.05, 3.63) is 48.1 Å². The molecule has 6 nitrogen and oxygen atoms in total. The molecule has 36 heavy (non-hydrogen) atoms. The maximum atomic E-state index is 13.8. The van der Waals surface area contributed by atoms with Crippen LogP contribution in [0.5, 0.6) is 0 Å². The second-order valence-electron chi connectivity index (χ2n) is 11.7. The van der Waals surface area contributed by atoms with E-state index in [2.05, 4.69) is 16.9 Å². The predicted molar refractivity (Wildman–Crippen MR) is 138 cm³/mol. The fraction of sp³-hybridized carbons (Fsp3) is 0.517. The number of aromatic nitrogens is 2. The van der Waals surface area contributed by atoms with Gasteiger partial charge in [-0.1, -0.05) is 56.3 Å². The van der Waals surface area contributed by atoms with Crippen molar-refractivity contribution in [3.8, 4) is 0 Å². The van der Waals surface area contributed by atoms with Crippen molar-refractivity contribution in [1.82, 2.24) is 9.97 Å². The maximum Gasteiger partial charge on any atom is 0.178 e. The van der Waals surface area contributed by atoms with Crippen LogP contribution in [0.3, 0.4) is 0 Å². The number of rotatable bonds is 4. The number of para-hydroxylation sites is 2. The molecule has 0 radical (unpaired) electrons. The molecule has 0 aliphatic heterocycles. The molecule has 5 unspecified atom stereocenters. The number of Topliss-reactive ketones (excluding diaryl/α,β-unsaturated/α-hetero) is 2. The minimum Gasteiger partial charge on any atom is -0.381 e. The van der Waals surface area contributed by atoms with Crippen LogP contribution in [0.4, 0.5) is 0 Å². The zero-order chi connectivity index (χ0) is 25.5. The molecule has 6 rings (SSSR count). The molecule has 0 bridgehead atoms. The molecule has 3 saturated carbocycles. The number of nitrogens with zero attached hydrogens (tertiary/aromatic N) is 1. The maximum absolute atomic E-state index is 13.8. The van der Waals surface area contributed by atoms with Gasteiger partial charge >= 0.3 is 0 Å². The molecule has 2 N–H and O–H groups in total. The summed E-state index contributed by atoms with van der Waals surface area (Å²) in [6, 6.07) is 7.72. The Labute approximate surface area is 215 Å². The van der Waals surface area contributed by atoms with Gasteiger partial charge in [-0.15, -0.1) is 0 Å². The van der Waals surface area contributed by atoms with Crippen molar-refractivity contribution in [2.75, 3.05) is 5.75 Å². The Morgan fingerprint density at radius 2 is 2.03 bits per heavy atom. The van der Waals surface area contributed by atoms with Crippen LogP contribution in [-0.4, -0.2) is 43.8 Å². The van der Waals surface area contributed by atoms with Gasteiger partial charge in [-0.2, -0.15) is 0 Å². The number of carbonyl (C=O) groups excluding carboxylic acids is 3. The molecule has 1 aromatic carbocycles. The molecule has 1 aromatic heterocycles. The third kappa shape index (κ3) is 3.14. The molecule has 0 spiro atoms. The quantitative estimate of drug-likeness (QED) is 0.586. The van der Waals surface area contributed by atoms with Gasteiger partial charge in [0, 0.05) is 23.2 Å². The normalized spacial score (nSPS) is 39.5. The third-order valence-electron chi connectivity index (χ3n) is 9.97. The van der Waals surface area contributed by atoms with Crippen molar-refractivity contribution in [2.24, 2.45) is 34.5 Å². The summed E-state index contributed by atoms with van der Waals surface area (Å²) in [5.41, 5.74) is -0.0227. The minimum absolute atomic E-state index is 0.00886. The second kappa shape index (κ2) is 7.99. The summed E-state index contributed by atoms with van der Waals surface area (Å²) in [4.78, 5) is 47.4. The minimum atomic E-state index is -1.56. The first-order valence-corrected chi connectivity index (χ1v) is 13.9. The van der Waals surface area contributed by atoms with Gasteiger partial charge in [-0.3, -0.25) is 14.4 Å². The van der Waals surface area contributed by atoms with Gasteiger partial charge < -0.3 is 10.1 Å². The standard InChI is InChI=1S/C29H32N2O4S/c1-16-12-20-19-9-8-17-13-18(32)10-11-27(17,2)25(19)23(33)14-28(20,3)29(16,35)24(34)15-36-26-30-21-6-4-5-7-22(21)31-26/h4-7,10-11,13,16,19-20,25,35H,8-9,12,14-15H2,1-3H3,(H,30,31)/t16-,19?,20?,25?,27?,28?,29+/m1/s1. The first-order chi connectivity index (χ1) is 17.1. The van der Waals surface area contributed by atoms with E-state index in [-0.39, 0.29) is 53.2 Å². The lowest BCUT2D eigenvalue weighted by Crippen LogP contribution is -2.61. The van der Waals surface area contributed by atoms with Crippen LogP contribution in [0.15, 0.2) is 53.2 Å². The van der Waals surface area contributed by atoms with Crippen LogP contribution in [0.2, 0.25) is 0 Å². The van der Waals surface area contributed by atoms with Gasteiger partial charge in [0.25, 0.3) is 0 Å². The SMILES string of the molecule is C[C@@H]1CC2C3CCC4=CC(=O)C=CC4(C)C3C(=O)CC2(C)[C@@]1(O)C(=O)CSc1nc2ccccc2[nH]1. The number of imidazole rings is 1. The number of allylic oxidation sites excluding steroid dienone is 4. The lowest BCUT2D eigenvalue weighted by Gasteiger charge is -2.56. The second-order valence-corrected chi connectivity index (χ2v) is 12.7. The summed E-state index contributed by atoms with van der Waals surface area (Å²) in [6.07, 6.45) is 7.73. The molecule has 3 fully saturated rings. The topological polar surface area (TPSA) is 100 Å². The molecule has 2 aromatic rings. The van der Waals surface area contributed by atoms with Gasteiger partial charge in [-0.25, -0.2) is 4.98 Å². The first-order valence-electron chi connectivity index (χ1n) is 12.9. The first kappa shape index (κ1) is 23.9. The zero-order valence-electron chi connectivity index (χ0n) is 20.9. The number of benzene rings is 1. The number of thioether (sulfide) groups is 1. The molecule has 1 heterocycles. The molecule has 4 aliphatic rings. The van der Waals surface area contributed by atoms with Crippen molar-refractivity contribution in [1.29, 1.82) is 0 Å². The highest BCUT2D eigenvalue weighted by Gasteiger charge is 2.70. The van der Waals surface area contributed by atoms with Crippen LogP contribution in [0, 0.1) is 34.5 Å². The fourth-order valence-corrected chi connectivity index (χ4v) is 9.03. The average Bonchev–Trinajstić information content (AvgIpc) is 3.35. The summed E-state index contributed by atoms with van der Waals surface area (Å²) in [5.74, 6) is -0.316. The Morgan fingerprint density at radius 3 is 2.81 bits per heavy atom. The van der Waals surface area contributed by atoms with Gasteiger partial charge in [-0.05, 0) is 61.3 Å². The van der Waals surface area contributed by atoms with E-state index in [1.807, 2.05) is 44.2 Å². The summed E-state index contributed by atoms with van der Waals surface area (Å²) in [7, 11) is 0.